The van der Waals surface area contributed by atoms with Crippen molar-refractivity contribution in [2.45, 2.75) is 32.2 Å². The van der Waals surface area contributed by atoms with E-state index >= 15 is 0 Å². The summed E-state index contributed by atoms with van der Waals surface area (Å²) < 4.78 is 10.7. The molecule has 1 N–H and O–H groups in total. The van der Waals surface area contributed by atoms with Crippen LogP contribution in [0.5, 0.6) is 11.5 Å². The summed E-state index contributed by atoms with van der Waals surface area (Å²) in [5.74, 6) is 1.24. The Morgan fingerprint density at radius 1 is 1.10 bits per heavy atom. The van der Waals surface area contributed by atoms with Crippen LogP contribution < -0.4 is 14.8 Å². The highest BCUT2D eigenvalue weighted by Gasteiger charge is 2.30. The van der Waals surface area contributed by atoms with E-state index in [-0.39, 0.29) is 24.3 Å². The van der Waals surface area contributed by atoms with E-state index in [1.807, 2.05) is 48.2 Å². The van der Waals surface area contributed by atoms with Gasteiger partial charge in [-0.2, -0.15) is 0 Å². The van der Waals surface area contributed by atoms with Crippen molar-refractivity contribution in [3.8, 4) is 11.5 Å². The third-order valence-corrected chi connectivity index (χ3v) is 5.38. The molecule has 0 aliphatic carbocycles. The zero-order valence-electron chi connectivity index (χ0n) is 17.2. The molecule has 1 saturated heterocycles. The number of aryl methyl sites for hydroxylation is 1. The Labute approximate surface area is 171 Å². The Morgan fingerprint density at radius 2 is 1.86 bits per heavy atom. The van der Waals surface area contributed by atoms with Gasteiger partial charge in [0.1, 0.15) is 0 Å². The standard InChI is InChI=1S/C23H28N2O4/c1-16-7-4-5-8-18(16)23(27)24-13-12-22(26)25-14-6-9-19(25)17-10-11-20(28-2)21(15-17)29-3/h4-5,7-8,10-11,15,19H,6,9,12-14H2,1-3H3,(H,24,27). The van der Waals surface area contributed by atoms with Crippen LogP contribution in [0.1, 0.15) is 46.8 Å². The summed E-state index contributed by atoms with van der Waals surface area (Å²) >= 11 is 0. The first-order valence-electron chi connectivity index (χ1n) is 9.90. The van der Waals surface area contributed by atoms with Gasteiger partial charge in [-0.25, -0.2) is 0 Å². The molecular weight excluding hydrogens is 368 g/mol. The second-order valence-corrected chi connectivity index (χ2v) is 7.18. The van der Waals surface area contributed by atoms with Crippen LogP contribution in [0.15, 0.2) is 42.5 Å². The molecule has 2 aromatic rings. The molecule has 1 atom stereocenters. The van der Waals surface area contributed by atoms with Crippen LogP contribution in [0.3, 0.4) is 0 Å². The third kappa shape index (κ3) is 4.70. The minimum Gasteiger partial charge on any atom is -0.493 e. The molecule has 29 heavy (non-hydrogen) atoms. The average molecular weight is 396 g/mol. The van der Waals surface area contributed by atoms with Crippen molar-refractivity contribution in [1.82, 2.24) is 10.2 Å². The first-order valence-corrected chi connectivity index (χ1v) is 9.90. The van der Waals surface area contributed by atoms with E-state index in [9.17, 15) is 9.59 Å². The highest BCUT2D eigenvalue weighted by Crippen LogP contribution is 2.37. The zero-order chi connectivity index (χ0) is 20.8. The molecule has 0 aromatic heterocycles. The predicted octanol–water partition coefficient (Wildman–Crippen LogP) is 3.50. The maximum Gasteiger partial charge on any atom is 0.251 e. The van der Waals surface area contributed by atoms with Gasteiger partial charge in [0.15, 0.2) is 11.5 Å². The number of likely N-dealkylation sites (tertiary alicyclic amines) is 1. The summed E-state index contributed by atoms with van der Waals surface area (Å²) in [6, 6.07) is 13.2. The van der Waals surface area contributed by atoms with Gasteiger partial charge in [-0.15, -0.1) is 0 Å². The summed E-state index contributed by atoms with van der Waals surface area (Å²) in [6.07, 6.45) is 2.15. The van der Waals surface area contributed by atoms with Gasteiger partial charge >= 0.3 is 0 Å². The SMILES string of the molecule is COc1ccc(C2CCCN2C(=O)CCNC(=O)c2ccccc2C)cc1OC. The lowest BCUT2D eigenvalue weighted by molar-refractivity contribution is -0.132. The zero-order valence-corrected chi connectivity index (χ0v) is 17.2. The lowest BCUT2D eigenvalue weighted by Crippen LogP contribution is -2.34. The van der Waals surface area contributed by atoms with Gasteiger partial charge in [0.25, 0.3) is 5.91 Å². The third-order valence-electron chi connectivity index (χ3n) is 5.38. The predicted molar refractivity (Wildman–Crippen MR) is 111 cm³/mol. The van der Waals surface area contributed by atoms with Crippen molar-refractivity contribution < 1.29 is 19.1 Å². The summed E-state index contributed by atoms with van der Waals surface area (Å²) in [4.78, 5) is 27.0. The Morgan fingerprint density at radius 3 is 2.59 bits per heavy atom. The van der Waals surface area contributed by atoms with Gasteiger partial charge in [0.2, 0.25) is 5.91 Å². The van der Waals surface area contributed by atoms with Crippen molar-refractivity contribution in [2.24, 2.45) is 0 Å². The van der Waals surface area contributed by atoms with E-state index in [0.29, 0.717) is 23.6 Å². The van der Waals surface area contributed by atoms with E-state index in [1.54, 1.807) is 20.3 Å². The van der Waals surface area contributed by atoms with E-state index in [0.717, 1.165) is 30.5 Å². The lowest BCUT2D eigenvalue weighted by Gasteiger charge is -2.26. The van der Waals surface area contributed by atoms with Gasteiger partial charge < -0.3 is 19.7 Å². The van der Waals surface area contributed by atoms with Gasteiger partial charge in [0, 0.05) is 25.1 Å². The number of nitrogens with one attached hydrogen (secondary N) is 1. The monoisotopic (exact) mass is 396 g/mol. The molecule has 0 bridgehead atoms. The molecule has 3 rings (SSSR count). The highest BCUT2D eigenvalue weighted by molar-refractivity contribution is 5.95. The molecule has 154 valence electrons. The van der Waals surface area contributed by atoms with Gasteiger partial charge in [-0.05, 0) is 49.1 Å². The molecular formula is C23H28N2O4. The fourth-order valence-electron chi connectivity index (χ4n) is 3.82. The number of nitrogens with zero attached hydrogens (tertiary/aromatic N) is 1. The molecule has 1 unspecified atom stereocenters. The second-order valence-electron chi connectivity index (χ2n) is 7.18. The second kappa shape index (κ2) is 9.45. The average Bonchev–Trinajstić information content (AvgIpc) is 3.23. The molecule has 2 aromatic carbocycles. The van der Waals surface area contributed by atoms with Gasteiger partial charge in [0.05, 0.1) is 20.3 Å². The van der Waals surface area contributed by atoms with E-state index in [2.05, 4.69) is 5.32 Å². The number of hydrogen-bond acceptors (Lipinski definition) is 4. The molecule has 1 fully saturated rings. The summed E-state index contributed by atoms with van der Waals surface area (Å²) in [5, 5.41) is 2.86. The maximum atomic E-state index is 12.8. The topological polar surface area (TPSA) is 67.9 Å². The number of benzene rings is 2. The summed E-state index contributed by atoms with van der Waals surface area (Å²) in [5.41, 5.74) is 2.60. The quantitative estimate of drug-likeness (QED) is 0.778. The van der Waals surface area contributed by atoms with Crippen molar-refractivity contribution >= 4 is 11.8 Å². The molecule has 0 spiro atoms. The number of methoxy groups -OCH3 is 2. The Balaban J connectivity index is 1.60. The van der Waals surface area contributed by atoms with Gasteiger partial charge in [-0.1, -0.05) is 24.3 Å². The number of rotatable bonds is 7. The Hall–Kier alpha value is -3.02. The molecule has 1 aliphatic rings. The first kappa shape index (κ1) is 20.7. The van der Waals surface area contributed by atoms with Gasteiger partial charge in [-0.3, -0.25) is 9.59 Å². The van der Waals surface area contributed by atoms with E-state index in [1.165, 1.54) is 0 Å². The molecule has 2 amide bonds. The smallest absolute Gasteiger partial charge is 0.251 e. The Kier molecular flexibility index (Phi) is 6.75. The van der Waals surface area contributed by atoms with Crippen molar-refractivity contribution in [3.05, 3.63) is 59.2 Å². The lowest BCUT2D eigenvalue weighted by atomic mass is 10.0. The number of ether oxygens (including phenoxy) is 2. The minimum atomic E-state index is -0.145. The summed E-state index contributed by atoms with van der Waals surface area (Å²) in [7, 11) is 3.21. The molecule has 0 saturated carbocycles. The number of carbonyl (C=O) groups excluding carboxylic acids is 2. The minimum absolute atomic E-state index is 0.0226. The normalized spacial score (nSPS) is 15.8. The number of carbonyl (C=O) groups is 2. The largest absolute Gasteiger partial charge is 0.493 e. The van der Waals surface area contributed by atoms with Crippen molar-refractivity contribution in [1.29, 1.82) is 0 Å². The Bertz CT molecular complexity index is 881. The highest BCUT2D eigenvalue weighted by atomic mass is 16.5. The van der Waals surface area contributed by atoms with E-state index in [4.69, 9.17) is 9.47 Å². The van der Waals surface area contributed by atoms with E-state index < -0.39 is 0 Å². The maximum absolute atomic E-state index is 12.8. The first-order chi connectivity index (χ1) is 14.0. The van der Waals surface area contributed by atoms with Crippen molar-refractivity contribution in [3.63, 3.8) is 0 Å². The summed E-state index contributed by atoms with van der Waals surface area (Å²) in [6.45, 7) is 2.95. The van der Waals surface area contributed by atoms with Crippen LogP contribution in [0.25, 0.3) is 0 Å². The van der Waals surface area contributed by atoms with Crippen LogP contribution in [-0.2, 0) is 4.79 Å². The van der Waals surface area contributed by atoms with Crippen molar-refractivity contribution in [2.75, 3.05) is 27.3 Å². The molecule has 6 nitrogen and oxygen atoms in total. The molecule has 0 radical (unpaired) electrons. The fourth-order valence-corrected chi connectivity index (χ4v) is 3.82. The van der Waals surface area contributed by atoms with Crippen LogP contribution in [0.2, 0.25) is 0 Å². The molecule has 1 heterocycles. The fraction of sp³-hybridized carbons (Fsp3) is 0.391. The molecule has 6 heteroatoms. The number of hydrogen-bond donors (Lipinski definition) is 1. The number of amides is 2. The molecule has 1 aliphatic heterocycles. The van der Waals surface area contributed by atoms with Crippen LogP contribution in [0.4, 0.5) is 0 Å². The van der Waals surface area contributed by atoms with Crippen LogP contribution in [0, 0.1) is 6.92 Å². The van der Waals surface area contributed by atoms with Crippen LogP contribution >= 0.6 is 0 Å². The van der Waals surface area contributed by atoms with Crippen LogP contribution in [-0.4, -0.2) is 44.0 Å².